The summed E-state index contributed by atoms with van der Waals surface area (Å²) in [4.78, 5) is 14.7. The summed E-state index contributed by atoms with van der Waals surface area (Å²) >= 11 is 0. The zero-order chi connectivity index (χ0) is 19.5. The topological polar surface area (TPSA) is 64.8 Å². The molecule has 0 aromatic heterocycles. The van der Waals surface area contributed by atoms with E-state index in [1.165, 1.54) is 5.56 Å². The molecule has 0 radical (unpaired) electrons. The predicted molar refractivity (Wildman–Crippen MR) is 109 cm³/mol. The number of nitrogens with zero attached hydrogens (tertiary/aromatic N) is 1. The maximum absolute atomic E-state index is 12.6. The van der Waals surface area contributed by atoms with Crippen molar-refractivity contribution in [3.05, 3.63) is 29.8 Å². The fourth-order valence-electron chi connectivity index (χ4n) is 4.83. The van der Waals surface area contributed by atoms with Crippen LogP contribution in [0.3, 0.4) is 0 Å². The number of amides is 1. The molecule has 1 amide bonds. The maximum Gasteiger partial charge on any atom is 0.226 e. The summed E-state index contributed by atoms with van der Waals surface area (Å²) in [6.07, 6.45) is 8.80. The van der Waals surface area contributed by atoms with Gasteiger partial charge in [-0.1, -0.05) is 12.1 Å². The van der Waals surface area contributed by atoms with E-state index >= 15 is 0 Å². The minimum absolute atomic E-state index is 0.0459. The number of hydrogen-bond acceptors (Lipinski definition) is 4. The molecule has 0 spiro atoms. The Hall–Kier alpha value is -1.59. The minimum atomic E-state index is 0.0459. The Morgan fingerprint density at radius 3 is 2.64 bits per heavy atom. The molecule has 5 nitrogen and oxygen atoms in total. The van der Waals surface area contributed by atoms with Gasteiger partial charge in [0.2, 0.25) is 5.91 Å². The number of carbonyl (C=O) groups is 1. The zero-order valence-corrected chi connectivity index (χ0v) is 17.0. The van der Waals surface area contributed by atoms with Crippen LogP contribution >= 0.6 is 0 Å². The summed E-state index contributed by atoms with van der Waals surface area (Å²) in [6, 6.07) is 8.54. The standard InChI is InChI=1S/C23H34N2O3/c1-27-20-5-2-4-18(14-20)16-9-11-19(12-10-16)28-15-22-21(24)6-3-13-25(22)23(26)17-7-8-17/h2,4-5,14,16-17,19,21-22H,3,6-13,15,24H2,1H3/t16?,19?,21?,22-/m0/s1. The smallest absolute Gasteiger partial charge is 0.226 e. The molecule has 1 aromatic rings. The van der Waals surface area contributed by atoms with E-state index in [1.54, 1.807) is 7.11 Å². The molecule has 3 aliphatic rings. The van der Waals surface area contributed by atoms with Crippen LogP contribution in [-0.4, -0.2) is 49.3 Å². The van der Waals surface area contributed by atoms with Crippen LogP contribution in [0.1, 0.15) is 62.8 Å². The van der Waals surface area contributed by atoms with Gasteiger partial charge in [0.15, 0.2) is 0 Å². The fraction of sp³-hybridized carbons (Fsp3) is 0.696. The normalized spacial score (nSPS) is 30.9. The van der Waals surface area contributed by atoms with Gasteiger partial charge in [0.25, 0.3) is 0 Å². The SMILES string of the molecule is COc1cccc(C2CCC(OC[C@H]3C(N)CCCN3C(=O)C3CC3)CC2)c1. The molecule has 5 heteroatoms. The molecular weight excluding hydrogens is 352 g/mol. The quantitative estimate of drug-likeness (QED) is 0.813. The van der Waals surface area contributed by atoms with E-state index in [0.29, 0.717) is 18.4 Å². The van der Waals surface area contributed by atoms with Crippen LogP contribution in [0.25, 0.3) is 0 Å². The maximum atomic E-state index is 12.6. The number of ether oxygens (including phenoxy) is 2. The first-order valence-corrected chi connectivity index (χ1v) is 11.0. The first kappa shape index (κ1) is 19.7. The summed E-state index contributed by atoms with van der Waals surface area (Å²) in [5, 5.41) is 0. The van der Waals surface area contributed by atoms with Gasteiger partial charge in [-0.05, 0) is 75.0 Å². The van der Waals surface area contributed by atoms with Gasteiger partial charge in [-0.15, -0.1) is 0 Å². The minimum Gasteiger partial charge on any atom is -0.497 e. The van der Waals surface area contributed by atoms with Crippen LogP contribution in [0.2, 0.25) is 0 Å². The predicted octanol–water partition coefficient (Wildman–Crippen LogP) is 3.47. The second-order valence-electron chi connectivity index (χ2n) is 8.76. The third-order valence-electron chi connectivity index (χ3n) is 6.78. The van der Waals surface area contributed by atoms with Gasteiger partial charge in [0, 0.05) is 18.5 Å². The summed E-state index contributed by atoms with van der Waals surface area (Å²) in [7, 11) is 1.72. The van der Waals surface area contributed by atoms with Gasteiger partial charge in [0.1, 0.15) is 5.75 Å². The molecule has 2 saturated carbocycles. The molecule has 28 heavy (non-hydrogen) atoms. The van der Waals surface area contributed by atoms with E-state index in [-0.39, 0.29) is 24.1 Å². The number of rotatable bonds is 6. The summed E-state index contributed by atoms with van der Waals surface area (Å²) < 4.78 is 11.7. The molecule has 154 valence electrons. The largest absolute Gasteiger partial charge is 0.497 e. The molecule has 1 aliphatic heterocycles. The average molecular weight is 387 g/mol. The van der Waals surface area contributed by atoms with Crippen molar-refractivity contribution in [2.75, 3.05) is 20.3 Å². The molecule has 2 atom stereocenters. The van der Waals surface area contributed by atoms with Gasteiger partial charge in [-0.25, -0.2) is 0 Å². The Morgan fingerprint density at radius 1 is 1.14 bits per heavy atom. The average Bonchev–Trinajstić information content (AvgIpc) is 3.58. The zero-order valence-electron chi connectivity index (χ0n) is 17.0. The van der Waals surface area contributed by atoms with E-state index in [9.17, 15) is 4.79 Å². The number of likely N-dealkylation sites (tertiary alicyclic amines) is 1. The van der Waals surface area contributed by atoms with Crippen molar-refractivity contribution in [1.82, 2.24) is 4.90 Å². The highest BCUT2D eigenvalue weighted by molar-refractivity contribution is 5.81. The Balaban J connectivity index is 1.28. The van der Waals surface area contributed by atoms with Crippen molar-refractivity contribution in [3.63, 3.8) is 0 Å². The van der Waals surface area contributed by atoms with E-state index in [1.807, 2.05) is 11.0 Å². The van der Waals surface area contributed by atoms with Crippen molar-refractivity contribution in [1.29, 1.82) is 0 Å². The van der Waals surface area contributed by atoms with Crippen molar-refractivity contribution < 1.29 is 14.3 Å². The highest BCUT2D eigenvalue weighted by Crippen LogP contribution is 2.36. The number of carbonyl (C=O) groups excluding carboxylic acids is 1. The lowest BCUT2D eigenvalue weighted by Gasteiger charge is -2.41. The van der Waals surface area contributed by atoms with Crippen LogP contribution in [0.4, 0.5) is 0 Å². The second-order valence-corrected chi connectivity index (χ2v) is 8.76. The molecule has 1 aromatic carbocycles. The Labute approximate surface area is 168 Å². The van der Waals surface area contributed by atoms with Crippen LogP contribution in [0.15, 0.2) is 24.3 Å². The number of methoxy groups -OCH3 is 1. The Kier molecular flexibility index (Phi) is 6.22. The molecule has 1 saturated heterocycles. The Bertz CT molecular complexity index is 668. The van der Waals surface area contributed by atoms with Crippen molar-refractivity contribution in [2.45, 2.75) is 75.5 Å². The van der Waals surface area contributed by atoms with E-state index in [4.69, 9.17) is 15.2 Å². The van der Waals surface area contributed by atoms with Crippen LogP contribution in [0.5, 0.6) is 5.75 Å². The van der Waals surface area contributed by atoms with Crippen LogP contribution in [0, 0.1) is 5.92 Å². The lowest BCUT2D eigenvalue weighted by Crippen LogP contribution is -2.57. The van der Waals surface area contributed by atoms with Crippen molar-refractivity contribution in [3.8, 4) is 5.75 Å². The number of piperidine rings is 1. The molecule has 1 unspecified atom stereocenters. The van der Waals surface area contributed by atoms with Crippen LogP contribution < -0.4 is 10.5 Å². The monoisotopic (exact) mass is 386 g/mol. The number of hydrogen-bond donors (Lipinski definition) is 1. The first-order chi connectivity index (χ1) is 13.7. The number of benzene rings is 1. The summed E-state index contributed by atoms with van der Waals surface area (Å²) in [5.74, 6) is 2.08. The summed E-state index contributed by atoms with van der Waals surface area (Å²) in [5.41, 5.74) is 7.75. The summed E-state index contributed by atoms with van der Waals surface area (Å²) in [6.45, 7) is 1.44. The van der Waals surface area contributed by atoms with Crippen molar-refractivity contribution in [2.24, 2.45) is 11.7 Å². The highest BCUT2D eigenvalue weighted by Gasteiger charge is 2.40. The molecule has 3 fully saturated rings. The first-order valence-electron chi connectivity index (χ1n) is 11.0. The molecule has 2 aliphatic carbocycles. The molecule has 0 bridgehead atoms. The van der Waals surface area contributed by atoms with Crippen molar-refractivity contribution >= 4 is 5.91 Å². The lowest BCUT2D eigenvalue weighted by molar-refractivity contribution is -0.139. The number of nitrogens with two attached hydrogens (primary N) is 1. The molecular formula is C23H34N2O3. The molecule has 1 heterocycles. The Morgan fingerprint density at radius 2 is 1.93 bits per heavy atom. The fourth-order valence-corrected chi connectivity index (χ4v) is 4.83. The highest BCUT2D eigenvalue weighted by atomic mass is 16.5. The van der Waals surface area contributed by atoms with Crippen LogP contribution in [-0.2, 0) is 9.53 Å². The van der Waals surface area contributed by atoms with E-state index < -0.39 is 0 Å². The third kappa shape index (κ3) is 4.52. The molecule has 2 N–H and O–H groups in total. The van der Waals surface area contributed by atoms with Gasteiger partial charge >= 0.3 is 0 Å². The van der Waals surface area contributed by atoms with E-state index in [2.05, 4.69) is 18.2 Å². The second kappa shape index (κ2) is 8.83. The van der Waals surface area contributed by atoms with Gasteiger partial charge < -0.3 is 20.1 Å². The lowest BCUT2D eigenvalue weighted by atomic mass is 9.82. The van der Waals surface area contributed by atoms with Gasteiger partial charge in [0.05, 0.1) is 25.9 Å². The van der Waals surface area contributed by atoms with Gasteiger partial charge in [-0.3, -0.25) is 4.79 Å². The van der Waals surface area contributed by atoms with Gasteiger partial charge in [-0.2, -0.15) is 0 Å². The van der Waals surface area contributed by atoms with E-state index in [0.717, 1.165) is 63.7 Å². The third-order valence-corrected chi connectivity index (χ3v) is 6.78. The molecule has 4 rings (SSSR count).